The van der Waals surface area contributed by atoms with Crippen LogP contribution >= 0.6 is 0 Å². The second kappa shape index (κ2) is 5.79. The van der Waals surface area contributed by atoms with Crippen molar-refractivity contribution in [2.45, 2.75) is 0 Å². The molecule has 124 valence electrons. The van der Waals surface area contributed by atoms with Gasteiger partial charge in [-0.1, -0.05) is 5.16 Å². The van der Waals surface area contributed by atoms with Crippen molar-refractivity contribution in [2.75, 3.05) is 38.1 Å². The summed E-state index contributed by atoms with van der Waals surface area (Å²) in [5.74, 6) is -0.660. The number of nitrogens with zero attached hydrogens (tertiary/aromatic N) is 5. The molecule has 8 heteroatoms. The van der Waals surface area contributed by atoms with Crippen molar-refractivity contribution >= 4 is 16.9 Å². The van der Waals surface area contributed by atoms with Gasteiger partial charge in [-0.2, -0.15) is 4.98 Å². The molecular formula is C16H15F2N5O. The van der Waals surface area contributed by atoms with Gasteiger partial charge in [0.15, 0.2) is 0 Å². The van der Waals surface area contributed by atoms with E-state index in [0.29, 0.717) is 28.2 Å². The van der Waals surface area contributed by atoms with Gasteiger partial charge in [0.25, 0.3) is 5.71 Å². The highest BCUT2D eigenvalue weighted by Crippen LogP contribution is 2.33. The van der Waals surface area contributed by atoms with Crippen molar-refractivity contribution in [3.05, 3.63) is 36.2 Å². The van der Waals surface area contributed by atoms with Crippen LogP contribution in [-0.4, -0.2) is 53.3 Å². The first-order valence-electron chi connectivity index (χ1n) is 7.62. The third-order valence-corrected chi connectivity index (χ3v) is 4.19. The highest BCUT2D eigenvalue weighted by molar-refractivity contribution is 5.97. The number of halogens is 2. The molecule has 1 aliphatic heterocycles. The Morgan fingerprint density at radius 2 is 1.71 bits per heavy atom. The third kappa shape index (κ3) is 2.58. The molecule has 6 nitrogen and oxygen atoms in total. The fourth-order valence-corrected chi connectivity index (χ4v) is 2.92. The van der Waals surface area contributed by atoms with Crippen molar-refractivity contribution in [3.63, 3.8) is 0 Å². The van der Waals surface area contributed by atoms with E-state index in [1.165, 1.54) is 18.5 Å². The molecule has 1 aromatic carbocycles. The normalized spacial score (nSPS) is 16.0. The summed E-state index contributed by atoms with van der Waals surface area (Å²) in [5, 5.41) is 4.55. The number of likely N-dealkylation sites (N-methyl/N-ethyl adjacent to an activating group) is 1. The predicted octanol–water partition coefficient (Wildman–Crippen LogP) is 2.31. The minimum atomic E-state index is -0.667. The fourth-order valence-electron chi connectivity index (χ4n) is 2.92. The van der Waals surface area contributed by atoms with Gasteiger partial charge < -0.3 is 14.3 Å². The van der Waals surface area contributed by atoms with Crippen LogP contribution in [0.3, 0.4) is 0 Å². The van der Waals surface area contributed by atoms with E-state index in [1.54, 1.807) is 0 Å². The topological polar surface area (TPSA) is 58.3 Å². The van der Waals surface area contributed by atoms with Crippen LogP contribution in [0, 0.1) is 11.6 Å². The monoisotopic (exact) mass is 331 g/mol. The van der Waals surface area contributed by atoms with E-state index in [0.717, 1.165) is 32.2 Å². The fraction of sp³-hybridized carbons (Fsp3) is 0.312. The molecule has 0 atom stereocenters. The van der Waals surface area contributed by atoms with Crippen LogP contribution in [0.25, 0.3) is 22.4 Å². The van der Waals surface area contributed by atoms with Gasteiger partial charge >= 0.3 is 0 Å². The molecule has 1 fully saturated rings. The minimum Gasteiger partial charge on any atom is -0.353 e. The van der Waals surface area contributed by atoms with Gasteiger partial charge in [0.05, 0.1) is 0 Å². The van der Waals surface area contributed by atoms with Crippen molar-refractivity contribution in [1.29, 1.82) is 0 Å². The van der Waals surface area contributed by atoms with E-state index in [4.69, 9.17) is 4.52 Å². The Kier molecular flexibility index (Phi) is 3.61. The molecule has 0 spiro atoms. The van der Waals surface area contributed by atoms with Crippen LogP contribution in [0.15, 0.2) is 29.0 Å². The number of fused-ring (bicyclic) bond motifs is 1. The first-order chi connectivity index (χ1) is 11.6. The van der Waals surface area contributed by atoms with E-state index < -0.39 is 11.6 Å². The maximum atomic E-state index is 13.6. The molecule has 0 unspecified atom stereocenters. The molecule has 4 rings (SSSR count). The number of hydrogen-bond acceptors (Lipinski definition) is 6. The molecule has 3 aromatic rings. The number of hydrogen-bond donors (Lipinski definition) is 0. The van der Waals surface area contributed by atoms with Gasteiger partial charge in [0, 0.05) is 37.8 Å². The zero-order valence-corrected chi connectivity index (χ0v) is 13.0. The van der Waals surface area contributed by atoms with E-state index in [2.05, 4.69) is 32.0 Å². The van der Waals surface area contributed by atoms with Crippen molar-refractivity contribution in [2.24, 2.45) is 0 Å². The maximum absolute atomic E-state index is 13.6. The summed E-state index contributed by atoms with van der Waals surface area (Å²) in [5.41, 5.74) is 0.952. The lowest BCUT2D eigenvalue weighted by Gasteiger charge is -2.33. The minimum absolute atomic E-state index is 0.302. The molecule has 0 radical (unpaired) electrons. The van der Waals surface area contributed by atoms with Crippen LogP contribution in [0.5, 0.6) is 0 Å². The van der Waals surface area contributed by atoms with Gasteiger partial charge in [-0.25, -0.2) is 13.8 Å². The van der Waals surface area contributed by atoms with Crippen LogP contribution in [0.4, 0.5) is 14.6 Å². The van der Waals surface area contributed by atoms with Crippen LogP contribution in [-0.2, 0) is 0 Å². The Labute approximate surface area is 136 Å². The van der Waals surface area contributed by atoms with Crippen molar-refractivity contribution in [3.8, 4) is 11.3 Å². The van der Waals surface area contributed by atoms with E-state index in [-0.39, 0.29) is 0 Å². The Hall–Kier alpha value is -2.61. The van der Waals surface area contributed by atoms with E-state index in [1.807, 2.05) is 0 Å². The third-order valence-electron chi connectivity index (χ3n) is 4.19. The Morgan fingerprint density at radius 1 is 1.00 bits per heavy atom. The molecule has 1 aliphatic rings. The Bertz CT molecular complexity index is 869. The molecule has 3 heterocycles. The molecule has 24 heavy (non-hydrogen) atoms. The van der Waals surface area contributed by atoms with E-state index in [9.17, 15) is 8.78 Å². The number of benzene rings is 1. The molecule has 2 aromatic heterocycles. The van der Waals surface area contributed by atoms with Gasteiger partial charge in [-0.05, 0) is 19.2 Å². The number of aromatic nitrogens is 3. The second-order valence-corrected chi connectivity index (χ2v) is 5.86. The average Bonchev–Trinajstić information content (AvgIpc) is 2.99. The smallest absolute Gasteiger partial charge is 0.263 e. The highest BCUT2D eigenvalue weighted by atomic mass is 19.1. The SMILES string of the molecule is CN1CCN(c2ncnc3onc(-c4cc(F)cc(F)c4)c23)CC1. The summed E-state index contributed by atoms with van der Waals surface area (Å²) in [6.45, 7) is 3.40. The number of piperazine rings is 1. The van der Waals surface area contributed by atoms with Crippen molar-refractivity contribution < 1.29 is 13.3 Å². The predicted molar refractivity (Wildman–Crippen MR) is 84.7 cm³/mol. The molecule has 0 aliphatic carbocycles. The summed E-state index contributed by atoms with van der Waals surface area (Å²) in [6, 6.07) is 3.27. The summed E-state index contributed by atoms with van der Waals surface area (Å²) in [7, 11) is 2.06. The Morgan fingerprint density at radius 3 is 2.42 bits per heavy atom. The highest BCUT2D eigenvalue weighted by Gasteiger charge is 2.23. The molecule has 1 saturated heterocycles. The van der Waals surface area contributed by atoms with Gasteiger partial charge in [-0.3, -0.25) is 0 Å². The molecule has 0 bridgehead atoms. The number of anilines is 1. The lowest BCUT2D eigenvalue weighted by atomic mass is 10.1. The number of rotatable bonds is 2. The molecule has 0 saturated carbocycles. The zero-order valence-electron chi connectivity index (χ0n) is 13.0. The Balaban J connectivity index is 1.85. The lowest BCUT2D eigenvalue weighted by Crippen LogP contribution is -2.44. The van der Waals surface area contributed by atoms with Crippen LogP contribution in [0.2, 0.25) is 0 Å². The quantitative estimate of drug-likeness (QED) is 0.718. The van der Waals surface area contributed by atoms with E-state index >= 15 is 0 Å². The van der Waals surface area contributed by atoms with Gasteiger partial charge in [0.2, 0.25) is 0 Å². The standard InChI is InChI=1S/C16H15F2N5O/c1-22-2-4-23(5-3-22)15-13-14(21-24-16(13)20-9-19-15)10-6-11(17)8-12(18)7-10/h6-9H,2-5H2,1H3. The summed E-state index contributed by atoms with van der Waals surface area (Å²) in [6.07, 6.45) is 1.41. The average molecular weight is 331 g/mol. The van der Waals surface area contributed by atoms with Crippen LogP contribution in [0.1, 0.15) is 0 Å². The second-order valence-electron chi connectivity index (χ2n) is 5.86. The zero-order chi connectivity index (χ0) is 16.7. The summed E-state index contributed by atoms with van der Waals surface area (Å²) < 4.78 is 32.4. The summed E-state index contributed by atoms with van der Waals surface area (Å²) >= 11 is 0. The first-order valence-corrected chi connectivity index (χ1v) is 7.62. The van der Waals surface area contributed by atoms with Crippen LogP contribution < -0.4 is 4.90 Å². The molecular weight excluding hydrogens is 316 g/mol. The molecule has 0 N–H and O–H groups in total. The van der Waals surface area contributed by atoms with Crippen molar-refractivity contribution in [1.82, 2.24) is 20.0 Å². The molecule has 0 amide bonds. The largest absolute Gasteiger partial charge is 0.353 e. The summed E-state index contributed by atoms with van der Waals surface area (Å²) in [4.78, 5) is 12.8. The maximum Gasteiger partial charge on any atom is 0.263 e. The lowest BCUT2D eigenvalue weighted by molar-refractivity contribution is 0.312. The van der Waals surface area contributed by atoms with Gasteiger partial charge in [-0.15, -0.1) is 0 Å². The first kappa shape index (κ1) is 14.9. The van der Waals surface area contributed by atoms with Gasteiger partial charge in [0.1, 0.15) is 34.9 Å².